The van der Waals surface area contributed by atoms with Gasteiger partial charge in [-0.15, -0.1) is 0 Å². The Kier molecular flexibility index (Phi) is 5.69. The fourth-order valence-electron chi connectivity index (χ4n) is 3.70. The number of anilines is 2. The first-order chi connectivity index (χ1) is 15.5. The summed E-state index contributed by atoms with van der Waals surface area (Å²) >= 11 is 0. The summed E-state index contributed by atoms with van der Waals surface area (Å²) in [6.07, 6.45) is 0.756. The van der Waals surface area contributed by atoms with Gasteiger partial charge in [-0.1, -0.05) is 18.2 Å². The number of rotatable bonds is 4. The van der Waals surface area contributed by atoms with E-state index in [9.17, 15) is 17.6 Å². The molecule has 3 heterocycles. The predicted octanol–water partition coefficient (Wildman–Crippen LogP) is 3.22. The molecule has 1 aliphatic heterocycles. The summed E-state index contributed by atoms with van der Waals surface area (Å²) < 4.78 is 47.4. The van der Waals surface area contributed by atoms with Crippen LogP contribution in [0.1, 0.15) is 20.8 Å². The molecule has 0 radical (unpaired) electrons. The van der Waals surface area contributed by atoms with Gasteiger partial charge in [0.2, 0.25) is 0 Å². The Hall–Kier alpha value is -3.34. The molecule has 2 atom stereocenters. The number of nitrogens with zero attached hydrogens (tertiary/aromatic N) is 3. The van der Waals surface area contributed by atoms with Gasteiger partial charge in [0.25, 0.3) is 10.0 Å². The second kappa shape index (κ2) is 8.22. The Balaban J connectivity index is 1.63. The number of hydrogen-bond donors (Lipinski definition) is 2. The average Bonchev–Trinajstić information content (AvgIpc) is 3.34. The van der Waals surface area contributed by atoms with Crippen LogP contribution in [0.3, 0.4) is 0 Å². The molecule has 3 N–H and O–H groups in total. The molecule has 0 aliphatic carbocycles. The standard InChI is InChI=1S/C22H26FN5O4S/c1-22(2,3)32-21(29)27-12-16(23)18(13-27)26-19-15-9-10-28(20(15)25-11-17(19)24)33(30,31)14-7-5-4-6-8-14/h4-11,16,18H,12-13,24H2,1-3H3,(H,25,26)/t16?,18-/m1/s1. The number of benzene rings is 1. The molecule has 3 aromatic rings. The Labute approximate surface area is 191 Å². The zero-order chi connectivity index (χ0) is 24.0. The fraction of sp³-hybridized carbons (Fsp3) is 0.364. The lowest BCUT2D eigenvalue weighted by Crippen LogP contribution is -2.36. The van der Waals surface area contributed by atoms with Gasteiger partial charge in [0, 0.05) is 18.1 Å². The van der Waals surface area contributed by atoms with Gasteiger partial charge < -0.3 is 20.7 Å². The quantitative estimate of drug-likeness (QED) is 0.594. The van der Waals surface area contributed by atoms with Crippen LogP contribution in [-0.2, 0) is 14.8 Å². The Morgan fingerprint density at radius 2 is 1.91 bits per heavy atom. The molecule has 1 unspecified atom stereocenters. The van der Waals surface area contributed by atoms with Crippen LogP contribution in [0.4, 0.5) is 20.6 Å². The molecule has 176 valence electrons. The molecule has 11 heteroatoms. The van der Waals surface area contributed by atoms with Gasteiger partial charge in [-0.3, -0.25) is 0 Å². The van der Waals surface area contributed by atoms with Crippen LogP contribution >= 0.6 is 0 Å². The molecule has 0 saturated carbocycles. The van der Waals surface area contributed by atoms with Gasteiger partial charge in [-0.25, -0.2) is 26.6 Å². The van der Waals surface area contributed by atoms with Crippen molar-refractivity contribution in [1.29, 1.82) is 0 Å². The highest BCUT2D eigenvalue weighted by molar-refractivity contribution is 7.90. The minimum atomic E-state index is -3.89. The van der Waals surface area contributed by atoms with Crippen LogP contribution in [0.5, 0.6) is 0 Å². The molecule has 4 rings (SSSR count). The number of aromatic nitrogens is 2. The lowest BCUT2D eigenvalue weighted by molar-refractivity contribution is 0.0283. The molecule has 33 heavy (non-hydrogen) atoms. The third-order valence-electron chi connectivity index (χ3n) is 5.24. The lowest BCUT2D eigenvalue weighted by Gasteiger charge is -2.24. The van der Waals surface area contributed by atoms with E-state index in [-0.39, 0.29) is 29.3 Å². The molecule has 1 aliphatic rings. The van der Waals surface area contributed by atoms with Gasteiger partial charge >= 0.3 is 6.09 Å². The largest absolute Gasteiger partial charge is 0.444 e. The van der Waals surface area contributed by atoms with E-state index < -0.39 is 33.9 Å². The summed E-state index contributed by atoms with van der Waals surface area (Å²) in [6, 6.07) is 8.80. The third kappa shape index (κ3) is 4.45. The molecule has 0 spiro atoms. The minimum absolute atomic E-state index is 0.0718. The normalized spacial score (nSPS) is 19.1. The van der Waals surface area contributed by atoms with Gasteiger partial charge in [0.05, 0.1) is 35.1 Å². The number of pyridine rings is 1. The van der Waals surface area contributed by atoms with Crippen molar-refractivity contribution in [2.75, 3.05) is 24.1 Å². The molecule has 1 amide bonds. The summed E-state index contributed by atoms with van der Waals surface area (Å²) in [7, 11) is -3.89. The maximum Gasteiger partial charge on any atom is 0.410 e. The number of amides is 1. The zero-order valence-electron chi connectivity index (χ0n) is 18.5. The van der Waals surface area contributed by atoms with Crippen molar-refractivity contribution < 1.29 is 22.3 Å². The van der Waals surface area contributed by atoms with Crippen molar-refractivity contribution in [3.63, 3.8) is 0 Å². The number of carbonyl (C=O) groups excluding carboxylic acids is 1. The molecule has 1 aromatic carbocycles. The van der Waals surface area contributed by atoms with Crippen LogP contribution < -0.4 is 11.1 Å². The number of alkyl halides is 1. The van der Waals surface area contributed by atoms with Gasteiger partial charge in [-0.05, 0) is 39.0 Å². The van der Waals surface area contributed by atoms with Crippen molar-refractivity contribution in [2.24, 2.45) is 0 Å². The zero-order valence-corrected chi connectivity index (χ0v) is 19.3. The van der Waals surface area contributed by atoms with Crippen LogP contribution in [-0.4, -0.2) is 59.3 Å². The highest BCUT2D eigenvalue weighted by atomic mass is 32.2. The first-order valence-electron chi connectivity index (χ1n) is 10.4. The van der Waals surface area contributed by atoms with Gasteiger partial charge in [0.1, 0.15) is 11.8 Å². The highest BCUT2D eigenvalue weighted by Crippen LogP contribution is 2.32. The van der Waals surface area contributed by atoms with E-state index in [2.05, 4.69) is 10.3 Å². The lowest BCUT2D eigenvalue weighted by atomic mass is 10.2. The van der Waals surface area contributed by atoms with Gasteiger partial charge in [-0.2, -0.15) is 0 Å². The number of nitrogen functional groups attached to an aromatic ring is 1. The van der Waals surface area contributed by atoms with Crippen molar-refractivity contribution in [2.45, 2.75) is 43.5 Å². The number of hydrogen-bond acceptors (Lipinski definition) is 7. The van der Waals surface area contributed by atoms with E-state index in [1.807, 2.05) is 0 Å². The van der Waals surface area contributed by atoms with E-state index in [0.717, 1.165) is 3.97 Å². The Morgan fingerprint density at radius 3 is 2.58 bits per heavy atom. The van der Waals surface area contributed by atoms with Crippen LogP contribution in [0, 0.1) is 0 Å². The smallest absolute Gasteiger partial charge is 0.410 e. The monoisotopic (exact) mass is 475 g/mol. The summed E-state index contributed by atoms with van der Waals surface area (Å²) in [5.41, 5.74) is 6.17. The van der Waals surface area contributed by atoms with Crippen molar-refractivity contribution >= 4 is 38.5 Å². The van der Waals surface area contributed by atoms with Gasteiger partial charge in [0.15, 0.2) is 5.65 Å². The van der Waals surface area contributed by atoms with Crippen molar-refractivity contribution in [1.82, 2.24) is 13.9 Å². The fourth-order valence-corrected chi connectivity index (χ4v) is 5.02. The molecule has 1 saturated heterocycles. The van der Waals surface area contributed by atoms with E-state index in [4.69, 9.17) is 10.5 Å². The number of carbonyl (C=O) groups is 1. The van der Waals surface area contributed by atoms with E-state index in [1.165, 1.54) is 29.4 Å². The summed E-state index contributed by atoms with van der Waals surface area (Å²) in [6.45, 7) is 5.18. The number of halogens is 1. The Bertz CT molecular complexity index is 1290. The van der Waals surface area contributed by atoms with Crippen molar-refractivity contribution in [3.8, 4) is 0 Å². The first-order valence-corrected chi connectivity index (χ1v) is 11.9. The number of nitrogens with one attached hydrogen (secondary N) is 1. The topological polar surface area (TPSA) is 120 Å². The molecule has 9 nitrogen and oxygen atoms in total. The first kappa shape index (κ1) is 22.8. The highest BCUT2D eigenvalue weighted by Gasteiger charge is 2.38. The SMILES string of the molecule is CC(C)(C)OC(=O)N1CC(F)[C@H](Nc2c(N)cnc3c2ccn3S(=O)(=O)c2ccccc2)C1. The molecule has 1 fully saturated rings. The average molecular weight is 476 g/mol. The van der Waals surface area contributed by atoms with E-state index in [1.54, 1.807) is 45.0 Å². The predicted molar refractivity (Wildman–Crippen MR) is 123 cm³/mol. The minimum Gasteiger partial charge on any atom is -0.444 e. The molecule has 0 bridgehead atoms. The van der Waals surface area contributed by atoms with Crippen LogP contribution in [0.2, 0.25) is 0 Å². The second-order valence-electron chi connectivity index (χ2n) is 8.91. The number of ether oxygens (including phenoxy) is 1. The maximum absolute atomic E-state index is 14.8. The maximum atomic E-state index is 14.8. The van der Waals surface area contributed by atoms with Crippen LogP contribution in [0.15, 0.2) is 53.7 Å². The summed E-state index contributed by atoms with van der Waals surface area (Å²) in [4.78, 5) is 18.0. The van der Waals surface area contributed by atoms with Crippen LogP contribution in [0.25, 0.3) is 11.0 Å². The third-order valence-corrected chi connectivity index (χ3v) is 6.92. The summed E-state index contributed by atoms with van der Waals surface area (Å²) in [5, 5.41) is 3.48. The Morgan fingerprint density at radius 1 is 1.21 bits per heavy atom. The van der Waals surface area contributed by atoms with E-state index >= 15 is 0 Å². The molecular weight excluding hydrogens is 449 g/mol. The molecular formula is C22H26FN5O4S. The molecule has 2 aromatic heterocycles. The van der Waals surface area contributed by atoms with Crippen molar-refractivity contribution in [3.05, 3.63) is 48.8 Å². The number of nitrogens with two attached hydrogens (primary N) is 1. The number of likely N-dealkylation sites (tertiary alicyclic amines) is 1. The van der Waals surface area contributed by atoms with E-state index in [0.29, 0.717) is 11.1 Å². The number of fused-ring (bicyclic) bond motifs is 1. The second-order valence-corrected chi connectivity index (χ2v) is 10.7. The summed E-state index contributed by atoms with van der Waals surface area (Å²) in [5.74, 6) is 0.